The lowest BCUT2D eigenvalue weighted by Crippen LogP contribution is -0.888. The topological polar surface area (TPSA) is 0 Å². The standard InChI is InChI=1S/69C2H6.2C2H5/c71*1-2/h69*1-2H3;2*1H2,2H3/q;;;;;;;;;;;;;;;;;;;;;;;;;;;;;;;;;;;;;;;;;;;;;;;;;;;;;;;;;;;;;;;;;;;;;2*+1. The van der Waals surface area contributed by atoms with Gasteiger partial charge >= 0.3 is 0 Å². The summed E-state index contributed by atoms with van der Waals surface area (Å²) in [6.45, 7) is 286. The van der Waals surface area contributed by atoms with Crippen LogP contribution in [0.15, 0.2) is 0 Å². The molecule has 990 valence electrons. The molecule has 0 heterocycles. The SMILES string of the molecule is CC.CC.CC.CC.CC.CC.CC.CC.CC.CC.CC.CC.CC.CC.CC.CC.CC.CC.CC.CC.CC.CC.CC.CC.CC.CC.CC.CC.CC.CC.CC.CC.CC.CC.CC.CC.CC.CC.CC.CC.CC.CC.CC.CC.CC.CC.CC.CC.CC.CC.CC.CC.CC.CC.CC.CC.CC.CC.CC.CC.CC.CC.CC.CC.CC.CC.CC.CC.CC.[CH2+]C.[CH2+]C. The van der Waals surface area contributed by atoms with E-state index in [1.54, 1.807) is 13.8 Å². The van der Waals surface area contributed by atoms with Crippen molar-refractivity contribution in [2.45, 2.75) is 969 Å². The fraction of sp³-hybridized carbons (Fsp3) is 0.986. The summed E-state index contributed by atoms with van der Waals surface area (Å²) in [4.78, 5) is 0. The summed E-state index contributed by atoms with van der Waals surface area (Å²) in [5, 5.41) is 0. The molecule has 0 spiro atoms. The Hall–Kier alpha value is -0.260. The molecular weight excluding hydrogens is 1710 g/mol. The first-order valence-corrected chi connectivity index (χ1v) is 70.4. The van der Waals surface area contributed by atoms with Gasteiger partial charge in [-0.2, -0.15) is 0 Å². The second-order valence-electron chi connectivity index (χ2n) is 0. The van der Waals surface area contributed by atoms with Gasteiger partial charge in [-0.15, -0.1) is 0 Å². The van der Waals surface area contributed by atoms with Crippen molar-refractivity contribution in [3.05, 3.63) is 13.8 Å². The highest BCUT2D eigenvalue weighted by Gasteiger charge is 1.09. The number of hydrogen-bond donors (Lipinski definition) is 0. The van der Waals surface area contributed by atoms with E-state index in [2.05, 4.69) is 13.8 Å². The lowest BCUT2D eigenvalue weighted by atomic mass is 11.0. The first-order valence-electron chi connectivity index (χ1n) is 70.4. The molecule has 142 heavy (non-hydrogen) atoms. The maximum absolute atomic E-state index is 3.25. The van der Waals surface area contributed by atoms with Crippen molar-refractivity contribution in [2.75, 3.05) is 0 Å². The molecule has 0 aliphatic carbocycles. The second kappa shape index (κ2) is 40700000. The van der Waals surface area contributed by atoms with Crippen LogP contribution in [0.1, 0.15) is 969 Å². The van der Waals surface area contributed by atoms with Gasteiger partial charge in [-0.05, 0) is 0 Å². The number of rotatable bonds is 0. The van der Waals surface area contributed by atoms with E-state index in [0.29, 0.717) is 0 Å². The zero-order chi connectivity index (χ0) is 142. The predicted octanol–water partition coefficient (Wildman–Crippen LogP) is 72.5. The van der Waals surface area contributed by atoms with Crippen molar-refractivity contribution >= 4 is 0 Å². The molecule has 0 aliphatic heterocycles. The molecule has 0 atom stereocenters. The summed E-state index contributed by atoms with van der Waals surface area (Å²) in [7, 11) is 0. The quantitative estimate of drug-likeness (QED) is 0.212. The Labute approximate surface area is 977 Å². The van der Waals surface area contributed by atoms with Gasteiger partial charge < -0.3 is 0 Å². The average Bonchev–Trinajstić information content (AvgIpc) is 4.12. The molecule has 0 radical (unpaired) electrons. The monoisotopic (exact) mass is 2130 g/mol. The highest BCUT2D eigenvalue weighted by molar-refractivity contribution is 3.94. The average molecular weight is 2130 g/mol. The lowest BCUT2D eigenvalue weighted by Gasteiger charge is -1.07. The minimum atomic E-state index is 1.75. The molecule has 0 aliphatic rings. The summed E-state index contributed by atoms with van der Waals surface area (Å²) in [5.41, 5.74) is 0. The van der Waals surface area contributed by atoms with E-state index in [9.17, 15) is 0 Å². The Morgan fingerprint density at radius 2 is 0.0282 bits per heavy atom. The van der Waals surface area contributed by atoms with Crippen molar-refractivity contribution < 1.29 is 0 Å². The Morgan fingerprint density at radius 1 is 0.0282 bits per heavy atom. The molecule has 0 saturated carbocycles. The van der Waals surface area contributed by atoms with Gasteiger partial charge in [0, 0.05) is 0 Å². The van der Waals surface area contributed by atoms with Gasteiger partial charge in [-0.25, -0.2) is 0 Å². The smallest absolute Gasteiger partial charge is 0.0683 e. The molecule has 0 N–H and O–H groups in total. The third-order valence-electron chi connectivity index (χ3n) is 0. The van der Waals surface area contributed by atoms with Crippen molar-refractivity contribution in [1.29, 1.82) is 0 Å². The van der Waals surface area contributed by atoms with E-state index in [4.69, 9.17) is 0 Å². The van der Waals surface area contributed by atoms with Crippen molar-refractivity contribution in [2.24, 2.45) is 0 Å². The Morgan fingerprint density at radius 3 is 0.0282 bits per heavy atom. The fourth-order valence-electron chi connectivity index (χ4n) is 0. The summed E-state index contributed by atoms with van der Waals surface area (Å²) in [6, 6.07) is 0. The molecule has 0 fully saturated rings. The zero-order valence-corrected chi connectivity index (χ0v) is 141. The molecule has 0 unspecified atom stereocenters. The van der Waals surface area contributed by atoms with E-state index < -0.39 is 0 Å². The number of hydrogen-bond acceptors (Lipinski definition) is 0. The molecule has 0 rings (SSSR count). The highest BCUT2D eigenvalue weighted by atomic mass is 13.2. The second-order valence-corrected chi connectivity index (χ2v) is 0. The third kappa shape index (κ3) is 39800000. The Balaban J connectivity index is -0.00000000522. The van der Waals surface area contributed by atoms with Gasteiger partial charge in [0.1, 0.15) is 0 Å². The van der Waals surface area contributed by atoms with Crippen LogP contribution in [-0.4, -0.2) is 0 Å². The molecule has 0 saturated heterocycles. The van der Waals surface area contributed by atoms with Crippen molar-refractivity contribution in [3.8, 4) is 0 Å². The summed E-state index contributed by atoms with van der Waals surface area (Å²) in [5.74, 6) is 0. The van der Waals surface area contributed by atoms with Crippen LogP contribution in [0.5, 0.6) is 0 Å². The fourth-order valence-corrected chi connectivity index (χ4v) is 0. The van der Waals surface area contributed by atoms with Crippen LogP contribution in [-0.2, 0) is 0 Å². The lowest BCUT2D eigenvalue weighted by molar-refractivity contribution is 1.50. The minimum absolute atomic E-state index is 1.75. The van der Waals surface area contributed by atoms with Crippen LogP contribution in [0.4, 0.5) is 0 Å². The van der Waals surface area contributed by atoms with E-state index >= 15 is 0 Å². The van der Waals surface area contributed by atoms with Crippen LogP contribution >= 0.6 is 0 Å². The van der Waals surface area contributed by atoms with E-state index in [0.717, 1.165) is 0 Å². The van der Waals surface area contributed by atoms with Gasteiger partial charge in [0.15, 0.2) is 0 Å². The summed E-state index contributed by atoms with van der Waals surface area (Å²) >= 11 is 0. The Bertz CT molecular complexity index is 0. The summed E-state index contributed by atoms with van der Waals surface area (Å²) in [6.07, 6.45) is 0. The normalized spacial score (nSPS) is 2.99. The van der Waals surface area contributed by atoms with E-state index in [1.807, 2.05) is 955 Å². The molecular formula is C142H424+2. The van der Waals surface area contributed by atoms with Crippen molar-refractivity contribution in [3.63, 3.8) is 0 Å². The van der Waals surface area contributed by atoms with Gasteiger partial charge in [-0.3, -0.25) is 0 Å². The molecule has 0 bridgehead atoms. The first kappa shape index (κ1) is 561. The largest absolute Gasteiger partial charge is 0.0746 e. The zero-order valence-electron chi connectivity index (χ0n) is 141. The third-order valence-corrected chi connectivity index (χ3v) is 0. The molecule has 0 amide bonds. The molecule has 0 heteroatoms. The van der Waals surface area contributed by atoms with Crippen LogP contribution in [0.3, 0.4) is 0 Å². The van der Waals surface area contributed by atoms with Gasteiger partial charge in [0.2, 0.25) is 0 Å². The van der Waals surface area contributed by atoms with E-state index in [1.165, 1.54) is 0 Å². The van der Waals surface area contributed by atoms with Gasteiger partial charge in [-0.1, -0.05) is 955 Å². The summed E-state index contributed by atoms with van der Waals surface area (Å²) < 4.78 is 0. The molecule has 0 aromatic carbocycles. The Kier molecular flexibility index (Phi) is 161000000. The van der Waals surface area contributed by atoms with Crippen LogP contribution in [0.25, 0.3) is 0 Å². The molecule has 0 nitrogen and oxygen atoms in total. The maximum atomic E-state index is 3.25. The van der Waals surface area contributed by atoms with Crippen LogP contribution in [0, 0.1) is 13.8 Å². The van der Waals surface area contributed by atoms with Crippen LogP contribution < -0.4 is 0 Å². The van der Waals surface area contributed by atoms with Crippen LogP contribution in [0.2, 0.25) is 0 Å². The van der Waals surface area contributed by atoms with Crippen molar-refractivity contribution in [1.82, 2.24) is 0 Å². The van der Waals surface area contributed by atoms with Gasteiger partial charge in [0.05, 0.1) is 27.7 Å². The van der Waals surface area contributed by atoms with Gasteiger partial charge in [0.25, 0.3) is 0 Å². The van der Waals surface area contributed by atoms with E-state index in [-0.39, 0.29) is 0 Å². The maximum Gasteiger partial charge on any atom is 0.0746 e. The minimum Gasteiger partial charge on any atom is -0.0683 e. The molecule has 0 aromatic heterocycles. The molecule has 0 aromatic rings. The highest BCUT2D eigenvalue weighted by Crippen LogP contribution is 1.28. The predicted molar refractivity (Wildman–Crippen MR) is 805 cm³/mol. The first-order chi connectivity index (χ1) is 71.0.